The fraction of sp³-hybridized carbons (Fsp3) is 0.250. The second-order valence-electron chi connectivity index (χ2n) is 16.0. The molecule has 9 rings (SSSR count). The summed E-state index contributed by atoms with van der Waals surface area (Å²) in [4.78, 5) is 10.1. The van der Waals surface area contributed by atoms with Crippen molar-refractivity contribution in [3.8, 4) is 34.1 Å². The summed E-state index contributed by atoms with van der Waals surface area (Å²) < 4.78 is 13.2. The zero-order chi connectivity index (χ0) is 35.4. The molecule has 254 valence electrons. The Balaban J connectivity index is 1.20. The van der Waals surface area contributed by atoms with Gasteiger partial charge < -0.3 is 4.74 Å². The number of hydrogen-bond acceptors (Lipinski definition) is 4. The molecule has 4 aromatic heterocycles. The second kappa shape index (κ2) is 10.7. The van der Waals surface area contributed by atoms with Crippen molar-refractivity contribution in [3.05, 3.63) is 132 Å². The number of ether oxygens (including phenoxy) is 1. The van der Waals surface area contributed by atoms with E-state index < -0.39 is 0 Å². The largest absolute Gasteiger partial charge is 0.457 e. The number of rotatable bonds is 4. The minimum atomic E-state index is -0.181. The van der Waals surface area contributed by atoms with Gasteiger partial charge in [0.05, 0.1) is 39.6 Å². The molecule has 7 nitrogen and oxygen atoms in total. The minimum Gasteiger partial charge on any atom is -0.457 e. The number of benzene rings is 4. The normalized spacial score (nSPS) is 15.0. The standard InChI is InChI=1S/C44H42N6O/c1-27-13-12-16-35-39(27)47-41-48(35)34-20-18-31(25-37(34)49(41)38-23-29(21-22-45-38)42(2,3)4)51-30-17-19-33-36(24-30)50-40(44(7,8)43(33,5)6)32(26-46-50)28-14-10-9-11-15-28/h9-26H,1-8H3. The first-order valence-corrected chi connectivity index (χ1v) is 17.7. The van der Waals surface area contributed by atoms with Crippen molar-refractivity contribution in [2.75, 3.05) is 0 Å². The smallest absolute Gasteiger partial charge is 0.221 e. The third-order valence-electron chi connectivity index (χ3n) is 11.5. The van der Waals surface area contributed by atoms with Crippen molar-refractivity contribution >= 4 is 27.8 Å². The summed E-state index contributed by atoms with van der Waals surface area (Å²) in [7, 11) is 0. The lowest BCUT2D eigenvalue weighted by atomic mass is 9.59. The van der Waals surface area contributed by atoms with E-state index in [4.69, 9.17) is 19.8 Å². The van der Waals surface area contributed by atoms with E-state index in [-0.39, 0.29) is 16.2 Å². The molecule has 0 radical (unpaired) electrons. The second-order valence-corrected chi connectivity index (χ2v) is 16.0. The Morgan fingerprint density at radius 3 is 2.27 bits per heavy atom. The predicted octanol–water partition coefficient (Wildman–Crippen LogP) is 10.6. The highest BCUT2D eigenvalue weighted by Gasteiger charge is 2.48. The third-order valence-corrected chi connectivity index (χ3v) is 11.5. The van der Waals surface area contributed by atoms with Crippen LogP contribution in [0, 0.1) is 6.92 Å². The van der Waals surface area contributed by atoms with Crippen LogP contribution in [-0.2, 0) is 16.2 Å². The SMILES string of the molecule is Cc1cccc2c1nc1n(-c3cc(C(C)(C)C)ccn3)c3cc(Oc4ccc5c(c4)-n4ncc(-c6ccccc6)c4C(C)(C)C5(C)C)ccc3n21. The first kappa shape index (κ1) is 31.3. The average molecular weight is 671 g/mol. The van der Waals surface area contributed by atoms with Crippen LogP contribution in [-0.4, -0.2) is 28.7 Å². The van der Waals surface area contributed by atoms with Crippen LogP contribution in [0.4, 0.5) is 0 Å². The Morgan fingerprint density at radius 2 is 1.49 bits per heavy atom. The molecule has 0 aliphatic carbocycles. The topological polar surface area (TPSA) is 62.2 Å². The van der Waals surface area contributed by atoms with Crippen LogP contribution in [0.3, 0.4) is 0 Å². The molecule has 0 N–H and O–H groups in total. The monoisotopic (exact) mass is 670 g/mol. The number of pyridine rings is 1. The van der Waals surface area contributed by atoms with Gasteiger partial charge in [-0.05, 0) is 71.0 Å². The van der Waals surface area contributed by atoms with Gasteiger partial charge in [-0.1, -0.05) is 97.0 Å². The Bertz CT molecular complexity index is 2660. The maximum absolute atomic E-state index is 6.72. The fourth-order valence-electron chi connectivity index (χ4n) is 7.90. The van der Waals surface area contributed by atoms with Gasteiger partial charge >= 0.3 is 0 Å². The Hall–Kier alpha value is -5.69. The van der Waals surface area contributed by atoms with Crippen molar-refractivity contribution in [3.63, 3.8) is 0 Å². The highest BCUT2D eigenvalue weighted by molar-refractivity contribution is 5.93. The Morgan fingerprint density at radius 1 is 0.725 bits per heavy atom. The van der Waals surface area contributed by atoms with Gasteiger partial charge in [0.15, 0.2) is 0 Å². The molecule has 0 fully saturated rings. The maximum Gasteiger partial charge on any atom is 0.221 e. The summed E-state index contributed by atoms with van der Waals surface area (Å²) in [6, 6.07) is 33.9. The van der Waals surface area contributed by atoms with Crippen LogP contribution in [0.5, 0.6) is 11.5 Å². The van der Waals surface area contributed by atoms with Crippen molar-refractivity contribution < 1.29 is 4.74 Å². The van der Waals surface area contributed by atoms with Gasteiger partial charge in [-0.3, -0.25) is 8.97 Å². The predicted molar refractivity (Wildman–Crippen MR) is 206 cm³/mol. The van der Waals surface area contributed by atoms with E-state index in [2.05, 4.69) is 160 Å². The number of aryl methyl sites for hydroxylation is 1. The van der Waals surface area contributed by atoms with E-state index in [9.17, 15) is 0 Å². The molecule has 0 saturated carbocycles. The molecule has 0 atom stereocenters. The van der Waals surface area contributed by atoms with Crippen LogP contribution < -0.4 is 4.74 Å². The lowest BCUT2D eigenvalue weighted by Gasteiger charge is -2.47. The van der Waals surface area contributed by atoms with Crippen LogP contribution in [0.15, 0.2) is 109 Å². The summed E-state index contributed by atoms with van der Waals surface area (Å²) >= 11 is 0. The van der Waals surface area contributed by atoms with Gasteiger partial charge in [-0.2, -0.15) is 5.10 Å². The van der Waals surface area contributed by atoms with E-state index in [0.717, 1.165) is 62.0 Å². The highest BCUT2D eigenvalue weighted by Crippen LogP contribution is 2.53. The zero-order valence-electron chi connectivity index (χ0n) is 30.5. The van der Waals surface area contributed by atoms with E-state index in [1.165, 1.54) is 22.4 Å². The molecule has 0 bridgehead atoms. The molecule has 7 heteroatoms. The molecule has 0 unspecified atom stereocenters. The van der Waals surface area contributed by atoms with E-state index in [1.54, 1.807) is 0 Å². The first-order chi connectivity index (χ1) is 24.3. The molecule has 8 aromatic rings. The van der Waals surface area contributed by atoms with Crippen LogP contribution in [0.25, 0.3) is 50.5 Å². The summed E-state index contributed by atoms with van der Waals surface area (Å²) in [5, 5.41) is 4.98. The van der Waals surface area contributed by atoms with E-state index in [0.29, 0.717) is 0 Å². The number of imidazole rings is 2. The average Bonchev–Trinajstić information content (AvgIpc) is 3.80. The zero-order valence-corrected chi connectivity index (χ0v) is 30.5. The summed E-state index contributed by atoms with van der Waals surface area (Å²) in [5.41, 5.74) is 11.9. The fourth-order valence-corrected chi connectivity index (χ4v) is 7.90. The lowest BCUT2D eigenvalue weighted by Crippen LogP contribution is -2.46. The number of aromatic nitrogens is 6. The van der Waals surface area contributed by atoms with Crippen LogP contribution >= 0.6 is 0 Å². The molecule has 1 aliphatic heterocycles. The quantitative estimate of drug-likeness (QED) is 0.187. The van der Waals surface area contributed by atoms with Gasteiger partial charge in [0, 0.05) is 34.7 Å². The van der Waals surface area contributed by atoms with Gasteiger partial charge in [-0.25, -0.2) is 14.6 Å². The van der Waals surface area contributed by atoms with E-state index in [1.807, 2.05) is 18.5 Å². The Labute approximate surface area is 298 Å². The summed E-state index contributed by atoms with van der Waals surface area (Å²) in [6.45, 7) is 18.1. The summed E-state index contributed by atoms with van der Waals surface area (Å²) in [6.07, 6.45) is 3.91. The van der Waals surface area contributed by atoms with Crippen LogP contribution in [0.1, 0.15) is 70.9 Å². The van der Waals surface area contributed by atoms with Crippen LogP contribution in [0.2, 0.25) is 0 Å². The molecule has 0 spiro atoms. The lowest BCUT2D eigenvalue weighted by molar-refractivity contribution is 0.275. The molecule has 0 amide bonds. The number of nitrogens with zero attached hydrogens (tertiary/aromatic N) is 6. The van der Waals surface area contributed by atoms with Gasteiger partial charge in [0.1, 0.15) is 17.3 Å². The Kier molecular flexibility index (Phi) is 6.54. The van der Waals surface area contributed by atoms with Crippen molar-refractivity contribution in [2.45, 2.75) is 71.6 Å². The number of fused-ring (bicyclic) bond motifs is 8. The minimum absolute atomic E-state index is 0.0333. The van der Waals surface area contributed by atoms with Gasteiger partial charge in [0.2, 0.25) is 5.78 Å². The molecule has 0 saturated heterocycles. The van der Waals surface area contributed by atoms with E-state index >= 15 is 0 Å². The molecule has 51 heavy (non-hydrogen) atoms. The number of para-hydroxylation sites is 1. The van der Waals surface area contributed by atoms with Crippen molar-refractivity contribution in [1.82, 2.24) is 28.7 Å². The van der Waals surface area contributed by atoms with Gasteiger partial charge in [-0.15, -0.1) is 0 Å². The molecule has 5 heterocycles. The molecular weight excluding hydrogens is 629 g/mol. The van der Waals surface area contributed by atoms with Crippen molar-refractivity contribution in [2.24, 2.45) is 0 Å². The third kappa shape index (κ3) is 4.53. The summed E-state index contributed by atoms with van der Waals surface area (Å²) in [5.74, 6) is 3.14. The van der Waals surface area contributed by atoms with Crippen molar-refractivity contribution in [1.29, 1.82) is 0 Å². The maximum atomic E-state index is 6.72. The number of hydrogen-bond donors (Lipinski definition) is 0. The molecule has 4 aromatic carbocycles. The molecule has 1 aliphatic rings. The first-order valence-electron chi connectivity index (χ1n) is 17.7. The molecular formula is C44H42N6O. The van der Waals surface area contributed by atoms with Gasteiger partial charge in [0.25, 0.3) is 0 Å². The highest BCUT2D eigenvalue weighted by atomic mass is 16.5.